The minimum absolute atomic E-state index is 0.0182. The Morgan fingerprint density at radius 1 is 0.973 bits per heavy atom. The van der Waals surface area contributed by atoms with Gasteiger partial charge in [0.25, 0.3) is 0 Å². The summed E-state index contributed by atoms with van der Waals surface area (Å²) in [5.74, 6) is 1.15. The molecule has 0 unspecified atom stereocenters. The highest BCUT2D eigenvalue weighted by atomic mass is 79.9. The lowest BCUT2D eigenvalue weighted by molar-refractivity contribution is 0.179. The molecule has 0 radical (unpaired) electrons. The Bertz CT molecular complexity index is 1330. The number of hydrogen-bond acceptors (Lipinski definition) is 4. The smallest absolute Gasteiger partial charge is 0.218 e. The average molecular weight is 588 g/mol. The van der Waals surface area contributed by atoms with Crippen LogP contribution in [0.2, 0.25) is 0 Å². The summed E-state index contributed by atoms with van der Waals surface area (Å²) < 4.78 is 48.2. The Morgan fingerprint density at radius 3 is 2.27 bits per heavy atom. The number of benzene rings is 3. The topological polar surface area (TPSA) is 49.9 Å². The second kappa shape index (κ2) is 11.2. The van der Waals surface area contributed by atoms with Gasteiger partial charge in [-0.2, -0.15) is 4.31 Å². The SMILES string of the molecule is CCOc1cc(-c2ccc(F)cc2)c(C2CC2)cc1CN1CCN(S(=O)(=O)Cc2ccc(Br)cc2)CC1. The van der Waals surface area contributed by atoms with E-state index in [1.807, 2.05) is 43.3 Å². The summed E-state index contributed by atoms with van der Waals surface area (Å²) in [6, 6.07) is 18.5. The first kappa shape index (κ1) is 26.4. The lowest BCUT2D eigenvalue weighted by Crippen LogP contribution is -2.48. The van der Waals surface area contributed by atoms with Gasteiger partial charge in [-0.15, -0.1) is 0 Å². The third-order valence-corrected chi connectivity index (χ3v) is 9.46. The zero-order chi connectivity index (χ0) is 26.0. The summed E-state index contributed by atoms with van der Waals surface area (Å²) in [5.41, 5.74) is 5.32. The van der Waals surface area contributed by atoms with Gasteiger partial charge < -0.3 is 4.74 Å². The first-order valence-electron chi connectivity index (χ1n) is 12.8. The van der Waals surface area contributed by atoms with E-state index in [2.05, 4.69) is 33.0 Å². The Labute approximate surface area is 227 Å². The molecule has 0 spiro atoms. The van der Waals surface area contributed by atoms with Gasteiger partial charge in [-0.25, -0.2) is 12.8 Å². The van der Waals surface area contributed by atoms with Crippen molar-refractivity contribution in [2.75, 3.05) is 32.8 Å². The fourth-order valence-electron chi connectivity index (χ4n) is 4.96. The minimum atomic E-state index is -3.37. The molecule has 1 aliphatic heterocycles. The summed E-state index contributed by atoms with van der Waals surface area (Å²) in [4.78, 5) is 2.30. The van der Waals surface area contributed by atoms with E-state index in [-0.39, 0.29) is 11.6 Å². The maximum atomic E-state index is 13.6. The molecule has 37 heavy (non-hydrogen) atoms. The van der Waals surface area contributed by atoms with Crippen molar-refractivity contribution in [1.82, 2.24) is 9.21 Å². The molecule has 2 aliphatic rings. The summed E-state index contributed by atoms with van der Waals surface area (Å²) in [5, 5.41) is 0. The van der Waals surface area contributed by atoms with E-state index < -0.39 is 10.0 Å². The van der Waals surface area contributed by atoms with Crippen molar-refractivity contribution in [2.24, 2.45) is 0 Å². The van der Waals surface area contributed by atoms with E-state index in [9.17, 15) is 12.8 Å². The molecule has 5 rings (SSSR count). The molecular formula is C29H32BrFN2O3S. The molecule has 3 aromatic rings. The standard InChI is InChI=1S/C29H32BrFN2O3S/c1-2-36-29-18-28(23-7-11-26(31)12-8-23)27(22-5-6-22)17-24(29)19-32-13-15-33(16-14-32)37(34,35)20-21-3-9-25(30)10-4-21/h3-4,7-12,17-18,22H,2,5-6,13-16,19-20H2,1H3. The number of rotatable bonds is 9. The normalized spacial score (nSPS) is 17.2. The Balaban J connectivity index is 1.30. The molecule has 8 heteroatoms. The number of sulfonamides is 1. The zero-order valence-corrected chi connectivity index (χ0v) is 23.4. The molecule has 1 saturated heterocycles. The molecule has 0 N–H and O–H groups in total. The first-order valence-corrected chi connectivity index (χ1v) is 15.2. The van der Waals surface area contributed by atoms with Crippen molar-refractivity contribution in [3.8, 4) is 16.9 Å². The van der Waals surface area contributed by atoms with Crippen molar-refractivity contribution < 1.29 is 17.5 Å². The number of halogens is 2. The van der Waals surface area contributed by atoms with E-state index in [0.717, 1.165) is 45.3 Å². The monoisotopic (exact) mass is 586 g/mol. The van der Waals surface area contributed by atoms with Crippen molar-refractivity contribution >= 4 is 26.0 Å². The molecule has 196 valence electrons. The second-order valence-corrected chi connectivity index (χ2v) is 12.7. The second-order valence-electron chi connectivity index (χ2n) is 9.82. The van der Waals surface area contributed by atoms with Gasteiger partial charge in [-0.05, 0) is 84.3 Å². The predicted octanol–water partition coefficient (Wildman–Crippen LogP) is 6.18. The maximum Gasteiger partial charge on any atom is 0.218 e. The van der Waals surface area contributed by atoms with E-state index in [1.165, 1.54) is 17.7 Å². The van der Waals surface area contributed by atoms with Crippen LogP contribution in [-0.4, -0.2) is 50.4 Å². The van der Waals surface area contributed by atoms with Crippen LogP contribution in [0.4, 0.5) is 4.39 Å². The summed E-state index contributed by atoms with van der Waals surface area (Å²) >= 11 is 3.40. The molecule has 0 amide bonds. The van der Waals surface area contributed by atoms with Gasteiger partial charge in [0.1, 0.15) is 11.6 Å². The van der Waals surface area contributed by atoms with Gasteiger partial charge in [0.2, 0.25) is 10.0 Å². The van der Waals surface area contributed by atoms with Crippen molar-refractivity contribution in [1.29, 1.82) is 0 Å². The van der Waals surface area contributed by atoms with Gasteiger partial charge in [0.05, 0.1) is 12.4 Å². The number of hydrogen-bond donors (Lipinski definition) is 0. The predicted molar refractivity (Wildman–Crippen MR) is 149 cm³/mol. The highest BCUT2D eigenvalue weighted by molar-refractivity contribution is 9.10. The number of piperazine rings is 1. The molecular weight excluding hydrogens is 555 g/mol. The lowest BCUT2D eigenvalue weighted by atomic mass is 9.93. The third kappa shape index (κ3) is 6.42. The summed E-state index contributed by atoms with van der Waals surface area (Å²) in [6.07, 6.45) is 2.33. The fraction of sp³-hybridized carbons (Fsp3) is 0.379. The fourth-order valence-corrected chi connectivity index (χ4v) is 6.74. The molecule has 2 fully saturated rings. The minimum Gasteiger partial charge on any atom is -0.494 e. The molecule has 3 aromatic carbocycles. The van der Waals surface area contributed by atoms with Gasteiger partial charge in [0.15, 0.2) is 0 Å². The third-order valence-electron chi connectivity index (χ3n) is 7.09. The van der Waals surface area contributed by atoms with E-state index in [1.54, 1.807) is 4.31 Å². The quantitative estimate of drug-likeness (QED) is 0.300. The van der Waals surface area contributed by atoms with Crippen LogP contribution in [0, 0.1) is 5.82 Å². The summed E-state index contributed by atoms with van der Waals surface area (Å²) in [6.45, 7) is 5.54. The van der Waals surface area contributed by atoms with Gasteiger partial charge in [0, 0.05) is 42.8 Å². The highest BCUT2D eigenvalue weighted by Crippen LogP contribution is 2.46. The van der Waals surface area contributed by atoms with Crippen LogP contribution in [-0.2, 0) is 22.3 Å². The maximum absolute atomic E-state index is 13.6. The zero-order valence-electron chi connectivity index (χ0n) is 21.0. The highest BCUT2D eigenvalue weighted by Gasteiger charge is 2.30. The average Bonchev–Trinajstić information content (AvgIpc) is 3.73. The van der Waals surface area contributed by atoms with Crippen LogP contribution in [0.3, 0.4) is 0 Å². The molecule has 5 nitrogen and oxygen atoms in total. The van der Waals surface area contributed by atoms with Crippen LogP contribution >= 0.6 is 15.9 Å². The van der Waals surface area contributed by atoms with Gasteiger partial charge in [-0.3, -0.25) is 4.90 Å². The Morgan fingerprint density at radius 2 is 1.65 bits per heavy atom. The van der Waals surface area contributed by atoms with Crippen LogP contribution in [0.5, 0.6) is 5.75 Å². The first-order chi connectivity index (χ1) is 17.8. The molecule has 1 heterocycles. The van der Waals surface area contributed by atoms with E-state index in [4.69, 9.17) is 4.74 Å². The largest absolute Gasteiger partial charge is 0.494 e. The number of ether oxygens (including phenoxy) is 1. The molecule has 0 aromatic heterocycles. The number of nitrogens with zero attached hydrogens (tertiary/aromatic N) is 2. The molecule has 1 saturated carbocycles. The lowest BCUT2D eigenvalue weighted by Gasteiger charge is -2.34. The van der Waals surface area contributed by atoms with Crippen molar-refractivity contribution in [2.45, 2.75) is 38.0 Å². The Hall–Kier alpha value is -2.26. The summed E-state index contributed by atoms with van der Waals surface area (Å²) in [7, 11) is -3.37. The van der Waals surface area contributed by atoms with Crippen LogP contribution in [0.1, 0.15) is 42.4 Å². The molecule has 0 atom stereocenters. The van der Waals surface area contributed by atoms with Gasteiger partial charge in [-0.1, -0.05) is 40.2 Å². The van der Waals surface area contributed by atoms with Crippen molar-refractivity contribution in [3.63, 3.8) is 0 Å². The Kier molecular flexibility index (Phi) is 8.00. The van der Waals surface area contributed by atoms with E-state index in [0.29, 0.717) is 45.2 Å². The van der Waals surface area contributed by atoms with Crippen LogP contribution in [0.25, 0.3) is 11.1 Å². The molecule has 1 aliphatic carbocycles. The molecule has 0 bridgehead atoms. The van der Waals surface area contributed by atoms with Gasteiger partial charge >= 0.3 is 0 Å². The van der Waals surface area contributed by atoms with Crippen LogP contribution in [0.15, 0.2) is 65.1 Å². The van der Waals surface area contributed by atoms with Crippen molar-refractivity contribution in [3.05, 3.63) is 87.6 Å². The van der Waals surface area contributed by atoms with E-state index >= 15 is 0 Å². The van der Waals surface area contributed by atoms with Crippen LogP contribution < -0.4 is 4.74 Å².